The molecule has 0 radical (unpaired) electrons. The molecule has 2 amide bonds. The zero-order chi connectivity index (χ0) is 20.5. The van der Waals surface area contributed by atoms with E-state index in [2.05, 4.69) is 0 Å². The van der Waals surface area contributed by atoms with Crippen molar-refractivity contribution in [1.29, 1.82) is 0 Å². The fourth-order valence-corrected chi connectivity index (χ4v) is 3.05. The lowest BCUT2D eigenvalue weighted by Gasteiger charge is -2.14. The predicted octanol–water partition coefficient (Wildman–Crippen LogP) is 3.61. The number of anilines is 1. The molecule has 1 heterocycles. The van der Waals surface area contributed by atoms with E-state index in [0.717, 1.165) is 4.90 Å². The van der Waals surface area contributed by atoms with Crippen molar-refractivity contribution in [2.24, 2.45) is 0 Å². The van der Waals surface area contributed by atoms with Gasteiger partial charge in [0, 0.05) is 6.07 Å². The van der Waals surface area contributed by atoms with E-state index in [1.807, 2.05) is 0 Å². The highest BCUT2D eigenvalue weighted by Crippen LogP contribution is 2.30. The number of hydrogen-bond donors (Lipinski definition) is 0. The summed E-state index contributed by atoms with van der Waals surface area (Å²) >= 11 is 0. The summed E-state index contributed by atoms with van der Waals surface area (Å²) in [5.74, 6) is -1.63. The van der Waals surface area contributed by atoms with Crippen LogP contribution >= 0.6 is 0 Å². The number of benzene rings is 3. The molecule has 0 saturated heterocycles. The minimum atomic E-state index is -0.884. The molecule has 8 nitrogen and oxygen atoms in total. The smallest absolute Gasteiger partial charge is 0.350 e. The summed E-state index contributed by atoms with van der Waals surface area (Å²) < 4.78 is 5.19. The number of nitrogens with zero attached hydrogens (tertiary/aromatic N) is 2. The number of nitro groups is 1. The first-order valence-corrected chi connectivity index (χ1v) is 8.51. The van der Waals surface area contributed by atoms with E-state index in [4.69, 9.17) is 4.74 Å². The number of para-hydroxylation sites is 1. The number of rotatable bonds is 4. The fraction of sp³-hybridized carbons (Fsp3) is 0. The Balaban J connectivity index is 1.55. The molecule has 0 spiro atoms. The van der Waals surface area contributed by atoms with E-state index >= 15 is 0 Å². The first-order valence-electron chi connectivity index (χ1n) is 8.51. The largest absolute Gasteiger partial charge is 0.423 e. The second-order valence-corrected chi connectivity index (χ2v) is 6.15. The van der Waals surface area contributed by atoms with Crippen LogP contribution < -0.4 is 9.64 Å². The number of hydrogen-bond acceptors (Lipinski definition) is 6. The van der Waals surface area contributed by atoms with Crippen LogP contribution in [0.25, 0.3) is 0 Å². The molecule has 0 aromatic heterocycles. The van der Waals surface area contributed by atoms with Crippen LogP contribution in [0.1, 0.15) is 31.1 Å². The van der Waals surface area contributed by atoms with Gasteiger partial charge in [0.2, 0.25) is 0 Å². The van der Waals surface area contributed by atoms with Crippen molar-refractivity contribution in [3.8, 4) is 5.75 Å². The average Bonchev–Trinajstić information content (AvgIpc) is 2.99. The maximum Gasteiger partial charge on any atom is 0.350 e. The van der Waals surface area contributed by atoms with E-state index < -0.39 is 22.7 Å². The summed E-state index contributed by atoms with van der Waals surface area (Å²) in [7, 11) is 0. The first-order chi connectivity index (χ1) is 14.0. The molecule has 0 aliphatic carbocycles. The van der Waals surface area contributed by atoms with Crippen LogP contribution in [-0.4, -0.2) is 22.7 Å². The third kappa shape index (κ3) is 3.12. The van der Waals surface area contributed by atoms with Crippen molar-refractivity contribution in [2.75, 3.05) is 4.90 Å². The molecule has 1 aliphatic rings. The van der Waals surface area contributed by atoms with Gasteiger partial charge in [0.25, 0.3) is 17.5 Å². The number of amides is 2. The van der Waals surface area contributed by atoms with Crippen LogP contribution in [-0.2, 0) is 0 Å². The Labute approximate surface area is 164 Å². The minimum absolute atomic E-state index is 0.119. The van der Waals surface area contributed by atoms with Crippen LogP contribution in [0.5, 0.6) is 5.75 Å². The van der Waals surface area contributed by atoms with Crippen molar-refractivity contribution in [3.05, 3.63) is 99.6 Å². The number of nitro benzene ring substituents is 1. The second kappa shape index (κ2) is 7.01. The second-order valence-electron chi connectivity index (χ2n) is 6.15. The van der Waals surface area contributed by atoms with Crippen molar-refractivity contribution in [1.82, 2.24) is 0 Å². The van der Waals surface area contributed by atoms with Gasteiger partial charge in [-0.2, -0.15) is 0 Å². The molecule has 0 saturated carbocycles. The summed E-state index contributed by atoms with van der Waals surface area (Å²) in [5.41, 5.74) is 0.428. The standard InChI is InChI=1S/C21H12N2O6/c24-19-15-5-1-2-6-16(15)20(25)22(19)13-9-11-14(12-10-13)29-21(26)17-7-3-4-8-18(17)23(27)28/h1-12H. The van der Waals surface area contributed by atoms with Gasteiger partial charge in [0.1, 0.15) is 11.3 Å². The highest BCUT2D eigenvalue weighted by Gasteiger charge is 2.36. The third-order valence-corrected chi connectivity index (χ3v) is 4.42. The van der Waals surface area contributed by atoms with E-state index in [1.165, 1.54) is 48.5 Å². The number of fused-ring (bicyclic) bond motifs is 1. The first kappa shape index (κ1) is 18.1. The monoisotopic (exact) mass is 388 g/mol. The van der Waals surface area contributed by atoms with Gasteiger partial charge in [-0.15, -0.1) is 0 Å². The SMILES string of the molecule is O=C(Oc1ccc(N2C(=O)c3ccccc3C2=O)cc1)c1ccccc1[N+](=O)[O-]. The summed E-state index contributed by atoms with van der Waals surface area (Å²) in [6.07, 6.45) is 0. The van der Waals surface area contributed by atoms with Gasteiger partial charge in [-0.25, -0.2) is 9.69 Å². The minimum Gasteiger partial charge on any atom is -0.423 e. The summed E-state index contributed by atoms with van der Waals surface area (Å²) in [6.45, 7) is 0. The van der Waals surface area contributed by atoms with Crippen molar-refractivity contribution < 1.29 is 24.0 Å². The van der Waals surface area contributed by atoms with Gasteiger partial charge in [0.15, 0.2) is 0 Å². The predicted molar refractivity (Wildman–Crippen MR) is 102 cm³/mol. The molecule has 3 aromatic carbocycles. The topological polar surface area (TPSA) is 107 Å². The highest BCUT2D eigenvalue weighted by atomic mass is 16.6. The van der Waals surface area contributed by atoms with Crippen LogP contribution in [0.2, 0.25) is 0 Å². The molecule has 29 heavy (non-hydrogen) atoms. The lowest BCUT2D eigenvalue weighted by molar-refractivity contribution is -0.385. The maximum atomic E-state index is 12.5. The molecule has 0 fully saturated rings. The molecule has 0 bridgehead atoms. The Hall–Kier alpha value is -4.33. The molecule has 0 unspecified atom stereocenters. The Morgan fingerprint density at radius 1 is 0.828 bits per heavy atom. The zero-order valence-corrected chi connectivity index (χ0v) is 14.8. The molecule has 0 atom stereocenters. The van der Waals surface area contributed by atoms with Crippen LogP contribution in [0.4, 0.5) is 11.4 Å². The summed E-state index contributed by atoms with van der Waals surface area (Å²) in [6, 6.07) is 17.7. The molecule has 8 heteroatoms. The van der Waals surface area contributed by atoms with Gasteiger partial charge in [-0.05, 0) is 42.5 Å². The van der Waals surface area contributed by atoms with Crippen molar-refractivity contribution in [2.45, 2.75) is 0 Å². The Morgan fingerprint density at radius 2 is 1.38 bits per heavy atom. The van der Waals surface area contributed by atoms with Crippen molar-refractivity contribution >= 4 is 29.2 Å². The number of carbonyl (C=O) groups is 3. The van der Waals surface area contributed by atoms with Gasteiger partial charge in [-0.1, -0.05) is 24.3 Å². The Bertz CT molecular complexity index is 1130. The number of ether oxygens (including phenoxy) is 1. The highest BCUT2D eigenvalue weighted by molar-refractivity contribution is 6.34. The van der Waals surface area contributed by atoms with E-state index in [-0.39, 0.29) is 17.0 Å². The van der Waals surface area contributed by atoms with Gasteiger partial charge < -0.3 is 4.74 Å². The normalized spacial score (nSPS) is 12.6. The van der Waals surface area contributed by atoms with Gasteiger partial charge in [0.05, 0.1) is 21.7 Å². The fourth-order valence-electron chi connectivity index (χ4n) is 3.05. The van der Waals surface area contributed by atoms with E-state index in [9.17, 15) is 24.5 Å². The molecule has 1 aliphatic heterocycles. The quantitative estimate of drug-likeness (QED) is 0.222. The number of esters is 1. The maximum absolute atomic E-state index is 12.5. The van der Waals surface area contributed by atoms with Gasteiger partial charge >= 0.3 is 5.97 Å². The van der Waals surface area contributed by atoms with Crippen molar-refractivity contribution in [3.63, 3.8) is 0 Å². The lowest BCUT2D eigenvalue weighted by Crippen LogP contribution is -2.29. The summed E-state index contributed by atoms with van der Waals surface area (Å²) in [5, 5.41) is 11.1. The van der Waals surface area contributed by atoms with E-state index in [1.54, 1.807) is 24.3 Å². The molecule has 3 aromatic rings. The number of imide groups is 1. The van der Waals surface area contributed by atoms with Crippen LogP contribution in [0.3, 0.4) is 0 Å². The Kier molecular flexibility index (Phi) is 4.36. The van der Waals surface area contributed by atoms with Gasteiger partial charge in [-0.3, -0.25) is 19.7 Å². The molecular weight excluding hydrogens is 376 g/mol. The molecule has 142 valence electrons. The lowest BCUT2D eigenvalue weighted by atomic mass is 10.1. The molecule has 0 N–H and O–H groups in total. The van der Waals surface area contributed by atoms with Crippen LogP contribution in [0, 0.1) is 10.1 Å². The van der Waals surface area contributed by atoms with Crippen LogP contribution in [0.15, 0.2) is 72.8 Å². The molecular formula is C21H12N2O6. The Morgan fingerprint density at radius 3 is 1.97 bits per heavy atom. The summed E-state index contributed by atoms with van der Waals surface area (Å²) in [4.78, 5) is 48.7. The molecule has 4 rings (SSSR count). The van der Waals surface area contributed by atoms with E-state index in [0.29, 0.717) is 16.8 Å². The number of carbonyl (C=O) groups excluding carboxylic acids is 3. The third-order valence-electron chi connectivity index (χ3n) is 4.42. The average molecular weight is 388 g/mol. The zero-order valence-electron chi connectivity index (χ0n) is 14.8.